The molecule has 5 heteroatoms. The lowest BCUT2D eigenvalue weighted by Crippen LogP contribution is -2.17. The maximum absolute atomic E-state index is 12.4. The van der Waals surface area contributed by atoms with E-state index < -0.39 is 0 Å². The van der Waals surface area contributed by atoms with Crippen LogP contribution in [0.15, 0.2) is 176 Å². The van der Waals surface area contributed by atoms with Crippen LogP contribution in [-0.2, 0) is 10.8 Å². The second-order valence-electron chi connectivity index (χ2n) is 18.0. The van der Waals surface area contributed by atoms with Gasteiger partial charge in [0.15, 0.2) is 0 Å². The van der Waals surface area contributed by atoms with Crippen LogP contribution in [0.5, 0.6) is 5.75 Å². The third kappa shape index (κ3) is 7.46. The molecule has 302 valence electrons. The molecule has 0 unspecified atom stereocenters. The van der Waals surface area contributed by atoms with Crippen LogP contribution < -0.4 is 0 Å². The van der Waals surface area contributed by atoms with Gasteiger partial charge in [-0.1, -0.05) is 163 Å². The van der Waals surface area contributed by atoms with Gasteiger partial charge in [-0.2, -0.15) is 5.26 Å². The molecular formula is C57H48N4O. The van der Waals surface area contributed by atoms with Crippen molar-refractivity contribution in [2.75, 3.05) is 0 Å². The van der Waals surface area contributed by atoms with E-state index in [2.05, 4.69) is 161 Å². The summed E-state index contributed by atoms with van der Waals surface area (Å²) in [5.41, 5.74) is 15.5. The van der Waals surface area contributed by atoms with Crippen molar-refractivity contribution < 1.29 is 5.11 Å². The highest BCUT2D eigenvalue weighted by Gasteiger charge is 2.29. The van der Waals surface area contributed by atoms with E-state index in [9.17, 15) is 10.4 Å². The lowest BCUT2D eigenvalue weighted by atomic mass is 9.78. The highest BCUT2D eigenvalue weighted by molar-refractivity contribution is 5.95. The molecule has 0 radical (unpaired) electrons. The first-order valence-corrected chi connectivity index (χ1v) is 21.1. The number of hydrogen-bond acceptors (Lipinski definition) is 4. The molecule has 0 amide bonds. The van der Waals surface area contributed by atoms with Crippen LogP contribution in [0.25, 0.3) is 83.9 Å². The van der Waals surface area contributed by atoms with Gasteiger partial charge in [-0.3, -0.25) is 9.38 Å². The largest absolute Gasteiger partial charge is 0.507 e. The number of pyridine rings is 2. The van der Waals surface area contributed by atoms with E-state index in [4.69, 9.17) is 9.97 Å². The second-order valence-corrected chi connectivity index (χ2v) is 18.0. The minimum absolute atomic E-state index is 0.193. The van der Waals surface area contributed by atoms with E-state index in [1.807, 2.05) is 60.7 Å². The van der Waals surface area contributed by atoms with Crippen LogP contribution >= 0.6 is 0 Å². The maximum Gasteiger partial charge on any atom is 0.145 e. The highest BCUT2D eigenvalue weighted by Crippen LogP contribution is 2.47. The number of nitrogens with zero attached hydrogens (tertiary/aromatic N) is 4. The first-order chi connectivity index (χ1) is 29.9. The Kier molecular flexibility index (Phi) is 10.2. The average Bonchev–Trinajstić information content (AvgIpc) is 3.68. The third-order valence-electron chi connectivity index (χ3n) is 11.7. The molecule has 0 saturated carbocycles. The van der Waals surface area contributed by atoms with Crippen molar-refractivity contribution >= 4 is 5.65 Å². The first-order valence-electron chi connectivity index (χ1n) is 21.1. The van der Waals surface area contributed by atoms with Gasteiger partial charge in [0.1, 0.15) is 17.1 Å². The average molecular weight is 805 g/mol. The van der Waals surface area contributed by atoms with Gasteiger partial charge >= 0.3 is 0 Å². The Morgan fingerprint density at radius 3 is 1.71 bits per heavy atom. The molecule has 3 aromatic heterocycles. The van der Waals surface area contributed by atoms with Crippen LogP contribution in [0.2, 0.25) is 0 Å². The summed E-state index contributed by atoms with van der Waals surface area (Å²) >= 11 is 0. The molecule has 0 saturated heterocycles. The fourth-order valence-corrected chi connectivity index (χ4v) is 8.40. The number of nitriles is 1. The zero-order chi connectivity index (χ0) is 43.2. The number of imidazole rings is 1. The van der Waals surface area contributed by atoms with Crippen molar-refractivity contribution in [2.24, 2.45) is 0 Å². The van der Waals surface area contributed by atoms with Crippen LogP contribution in [0.1, 0.15) is 58.2 Å². The smallest absolute Gasteiger partial charge is 0.145 e. The van der Waals surface area contributed by atoms with E-state index in [1.54, 1.807) is 6.20 Å². The SMILES string of the molecule is CC(C)(C)c1cc(-c2nc3c(-c4cc(-c5ccccc5)cc(-c5cc(C#N)c(-c6ccccc6)cn5)c4)cccn3c2-c2ccccc2-c2ccccc2)c(O)c(C(C)(C)C)c1. The third-order valence-corrected chi connectivity index (χ3v) is 11.7. The Balaban J connectivity index is 1.34. The van der Waals surface area contributed by atoms with E-state index in [0.29, 0.717) is 22.5 Å². The molecule has 9 rings (SSSR count). The highest BCUT2D eigenvalue weighted by atomic mass is 16.3. The molecule has 62 heavy (non-hydrogen) atoms. The summed E-state index contributed by atoms with van der Waals surface area (Å²) in [4.78, 5) is 10.6. The van der Waals surface area contributed by atoms with E-state index in [0.717, 1.165) is 78.1 Å². The Labute approximate surface area is 364 Å². The Bertz CT molecular complexity index is 3140. The second kappa shape index (κ2) is 15.8. The molecule has 1 N–H and O–H groups in total. The number of aromatic nitrogens is 3. The summed E-state index contributed by atoms with van der Waals surface area (Å²) in [6.07, 6.45) is 3.88. The first kappa shape index (κ1) is 39.9. The van der Waals surface area contributed by atoms with Crippen molar-refractivity contribution in [3.63, 3.8) is 0 Å². The van der Waals surface area contributed by atoms with Gasteiger partial charge in [0.25, 0.3) is 0 Å². The number of hydrogen-bond donors (Lipinski definition) is 1. The topological polar surface area (TPSA) is 74.2 Å². The molecule has 0 aliphatic heterocycles. The van der Waals surface area contributed by atoms with Crippen molar-refractivity contribution in [3.8, 4) is 90.1 Å². The molecule has 0 atom stereocenters. The van der Waals surface area contributed by atoms with Crippen LogP contribution in [0.4, 0.5) is 0 Å². The van der Waals surface area contributed by atoms with Crippen LogP contribution in [0, 0.1) is 11.3 Å². The summed E-state index contributed by atoms with van der Waals surface area (Å²) in [7, 11) is 0. The predicted molar refractivity (Wildman–Crippen MR) is 255 cm³/mol. The van der Waals surface area contributed by atoms with Gasteiger partial charge in [-0.25, -0.2) is 4.98 Å². The number of benzene rings is 6. The molecule has 0 aliphatic carbocycles. The summed E-state index contributed by atoms with van der Waals surface area (Å²) in [5, 5.41) is 22.8. The summed E-state index contributed by atoms with van der Waals surface area (Å²) in [6, 6.07) is 58.5. The molecule has 5 nitrogen and oxygen atoms in total. The van der Waals surface area contributed by atoms with Crippen molar-refractivity contribution in [1.29, 1.82) is 5.26 Å². The molecular weight excluding hydrogens is 757 g/mol. The minimum atomic E-state index is -0.334. The zero-order valence-corrected chi connectivity index (χ0v) is 36.0. The number of phenols is 1. The summed E-state index contributed by atoms with van der Waals surface area (Å²) in [5.74, 6) is 0.237. The van der Waals surface area contributed by atoms with E-state index in [-0.39, 0.29) is 16.6 Å². The van der Waals surface area contributed by atoms with Crippen molar-refractivity contribution in [2.45, 2.75) is 52.4 Å². The monoisotopic (exact) mass is 804 g/mol. The quantitative estimate of drug-likeness (QED) is 0.174. The van der Waals surface area contributed by atoms with E-state index >= 15 is 0 Å². The molecule has 9 aromatic rings. The number of rotatable bonds is 7. The van der Waals surface area contributed by atoms with Gasteiger partial charge in [0.05, 0.1) is 23.0 Å². The molecule has 6 aromatic carbocycles. The van der Waals surface area contributed by atoms with Crippen LogP contribution in [-0.4, -0.2) is 19.5 Å². The molecule has 3 heterocycles. The van der Waals surface area contributed by atoms with Gasteiger partial charge in [0.2, 0.25) is 0 Å². The fourth-order valence-electron chi connectivity index (χ4n) is 8.40. The van der Waals surface area contributed by atoms with Gasteiger partial charge in [0, 0.05) is 45.8 Å². The predicted octanol–water partition coefficient (Wildman–Crippen LogP) is 14.6. The number of aromatic hydroxyl groups is 1. The van der Waals surface area contributed by atoms with Gasteiger partial charge in [-0.15, -0.1) is 0 Å². The molecule has 0 fully saturated rings. The summed E-state index contributed by atoms with van der Waals surface area (Å²) in [6.45, 7) is 13.1. The molecule has 0 spiro atoms. The Morgan fingerprint density at radius 2 is 1.08 bits per heavy atom. The normalized spacial score (nSPS) is 11.8. The standard InChI is InChI=1S/C57H48N4O/c1-56(2,3)44-33-48(54(62)50(34-44)57(4,5)6)52-53(47-26-17-16-25-45(47)38-21-12-8-13-22-38)61-28-18-27-46(55(61)60-52)41-29-40(37-19-10-7-11-20-37)30-42(31-41)51-32-43(35-58)49(36-59-51)39-23-14-9-15-24-39/h7-34,36,62H,1-6H3. The van der Waals surface area contributed by atoms with Gasteiger partial charge in [-0.05, 0) is 92.2 Å². The maximum atomic E-state index is 12.4. The lowest BCUT2D eigenvalue weighted by molar-refractivity contribution is 0.446. The fraction of sp³-hybridized carbons (Fsp3) is 0.140. The molecule has 0 bridgehead atoms. The van der Waals surface area contributed by atoms with Gasteiger partial charge < -0.3 is 5.11 Å². The Morgan fingerprint density at radius 1 is 0.516 bits per heavy atom. The Hall–Kier alpha value is -7.55. The van der Waals surface area contributed by atoms with Crippen molar-refractivity contribution in [3.05, 3.63) is 193 Å². The zero-order valence-electron chi connectivity index (χ0n) is 36.0. The number of phenolic OH excluding ortho intramolecular Hbond substituents is 1. The summed E-state index contributed by atoms with van der Waals surface area (Å²) < 4.78 is 2.18. The van der Waals surface area contributed by atoms with Crippen LogP contribution in [0.3, 0.4) is 0 Å². The van der Waals surface area contributed by atoms with E-state index in [1.165, 1.54) is 0 Å². The van der Waals surface area contributed by atoms with Crippen molar-refractivity contribution in [1.82, 2.24) is 14.4 Å². The number of fused-ring (bicyclic) bond motifs is 1. The lowest BCUT2D eigenvalue weighted by Gasteiger charge is -2.27. The molecule has 0 aliphatic rings. The minimum Gasteiger partial charge on any atom is -0.507 e.